The minimum atomic E-state index is 0.197. The van der Waals surface area contributed by atoms with Gasteiger partial charge in [0, 0.05) is 17.9 Å². The molecule has 1 heterocycles. The van der Waals surface area contributed by atoms with Crippen LogP contribution in [0.3, 0.4) is 0 Å². The number of aromatic nitrogens is 1. The second kappa shape index (κ2) is 4.60. The lowest BCUT2D eigenvalue weighted by Crippen LogP contribution is -2.26. The van der Waals surface area contributed by atoms with Crippen LogP contribution >= 0.6 is 0 Å². The third-order valence-corrected chi connectivity index (χ3v) is 3.42. The van der Waals surface area contributed by atoms with Crippen LogP contribution in [0, 0.1) is 11.8 Å². The Hall–Kier alpha value is -1.12. The molecule has 2 rings (SSSR count). The summed E-state index contributed by atoms with van der Waals surface area (Å²) in [5.74, 6) is 1.34. The average Bonchev–Trinajstić information content (AvgIpc) is 2.74. The van der Waals surface area contributed by atoms with Crippen LogP contribution in [0.25, 0.3) is 0 Å². The molecule has 0 amide bonds. The Morgan fingerprint density at radius 3 is 3.13 bits per heavy atom. The molecule has 15 heavy (non-hydrogen) atoms. The van der Waals surface area contributed by atoms with Crippen molar-refractivity contribution < 1.29 is 9.32 Å². The van der Waals surface area contributed by atoms with Crippen molar-refractivity contribution >= 4 is 5.78 Å². The van der Waals surface area contributed by atoms with Crippen molar-refractivity contribution in [3.05, 3.63) is 18.0 Å². The number of hydrogen-bond acceptors (Lipinski definition) is 3. The fourth-order valence-electron chi connectivity index (χ4n) is 2.38. The molecule has 2 atom stereocenters. The molecule has 0 bridgehead atoms. The number of ketones is 1. The highest BCUT2D eigenvalue weighted by molar-refractivity contribution is 5.82. The Labute approximate surface area is 89.8 Å². The van der Waals surface area contributed by atoms with Gasteiger partial charge in [-0.3, -0.25) is 4.79 Å². The molecule has 1 aromatic heterocycles. The van der Waals surface area contributed by atoms with E-state index in [-0.39, 0.29) is 5.92 Å². The minimum absolute atomic E-state index is 0.197. The monoisotopic (exact) mass is 207 g/mol. The summed E-state index contributed by atoms with van der Waals surface area (Å²) in [6.45, 7) is 2.21. The van der Waals surface area contributed by atoms with E-state index in [0.29, 0.717) is 5.78 Å². The van der Waals surface area contributed by atoms with Crippen LogP contribution in [0.5, 0.6) is 0 Å². The van der Waals surface area contributed by atoms with Gasteiger partial charge < -0.3 is 4.52 Å². The Balaban J connectivity index is 1.97. The van der Waals surface area contributed by atoms with Gasteiger partial charge in [0.2, 0.25) is 0 Å². The molecule has 3 nitrogen and oxygen atoms in total. The molecule has 0 N–H and O–H groups in total. The van der Waals surface area contributed by atoms with E-state index in [1.165, 1.54) is 6.42 Å². The first-order chi connectivity index (χ1) is 7.29. The van der Waals surface area contributed by atoms with Crippen LogP contribution < -0.4 is 0 Å². The normalized spacial score (nSPS) is 26.9. The summed E-state index contributed by atoms with van der Waals surface area (Å²) in [4.78, 5) is 11.7. The standard InChI is InChI=1S/C12H17NO2/c1-2-9-3-4-12(14)11(5-9)6-10-7-13-15-8-10/h7-9,11H,2-6H2,1H3. The van der Waals surface area contributed by atoms with Gasteiger partial charge in [-0.1, -0.05) is 18.5 Å². The highest BCUT2D eigenvalue weighted by atomic mass is 16.5. The molecular weight excluding hydrogens is 190 g/mol. The number of carbonyl (C=O) groups excluding carboxylic acids is 1. The van der Waals surface area contributed by atoms with Crippen LogP contribution in [-0.4, -0.2) is 10.9 Å². The SMILES string of the molecule is CCC1CCC(=O)C(Cc2cnoc2)C1. The maximum atomic E-state index is 11.7. The van der Waals surface area contributed by atoms with Gasteiger partial charge in [0.05, 0.1) is 6.20 Å². The summed E-state index contributed by atoms with van der Waals surface area (Å²) in [7, 11) is 0. The molecular formula is C12H17NO2. The van der Waals surface area contributed by atoms with Gasteiger partial charge in [-0.2, -0.15) is 0 Å². The molecule has 2 unspecified atom stereocenters. The van der Waals surface area contributed by atoms with E-state index in [9.17, 15) is 4.79 Å². The molecule has 82 valence electrons. The van der Waals surface area contributed by atoms with Crippen LogP contribution in [0.1, 0.15) is 38.2 Å². The lowest BCUT2D eigenvalue weighted by atomic mass is 9.77. The minimum Gasteiger partial charge on any atom is -0.364 e. The van der Waals surface area contributed by atoms with Crippen LogP contribution in [0.15, 0.2) is 17.0 Å². The summed E-state index contributed by atoms with van der Waals surface area (Å²) < 4.78 is 4.78. The summed E-state index contributed by atoms with van der Waals surface area (Å²) in [6.07, 6.45) is 8.22. The van der Waals surface area contributed by atoms with Crippen LogP contribution in [-0.2, 0) is 11.2 Å². The average molecular weight is 207 g/mol. The first-order valence-electron chi connectivity index (χ1n) is 5.70. The summed E-state index contributed by atoms with van der Waals surface area (Å²) >= 11 is 0. The zero-order chi connectivity index (χ0) is 10.7. The van der Waals surface area contributed by atoms with E-state index in [0.717, 1.165) is 37.2 Å². The second-order valence-electron chi connectivity index (χ2n) is 4.45. The van der Waals surface area contributed by atoms with E-state index >= 15 is 0 Å². The van der Waals surface area contributed by atoms with Gasteiger partial charge in [-0.05, 0) is 25.2 Å². The second-order valence-corrected chi connectivity index (χ2v) is 4.45. The van der Waals surface area contributed by atoms with Gasteiger partial charge in [0.15, 0.2) is 0 Å². The largest absolute Gasteiger partial charge is 0.364 e. The lowest BCUT2D eigenvalue weighted by molar-refractivity contribution is -0.125. The maximum Gasteiger partial charge on any atom is 0.136 e. The highest BCUT2D eigenvalue weighted by Gasteiger charge is 2.27. The number of Topliss-reactive ketones (excluding diaryl/α,β-unsaturated/α-hetero) is 1. The first-order valence-corrected chi connectivity index (χ1v) is 5.70. The molecule has 1 aliphatic carbocycles. The van der Waals surface area contributed by atoms with Crippen molar-refractivity contribution in [3.63, 3.8) is 0 Å². The fourth-order valence-corrected chi connectivity index (χ4v) is 2.38. The Morgan fingerprint density at radius 1 is 1.60 bits per heavy atom. The van der Waals surface area contributed by atoms with Gasteiger partial charge in [0.25, 0.3) is 0 Å². The third kappa shape index (κ3) is 2.46. The summed E-state index contributed by atoms with van der Waals surface area (Å²) in [6, 6.07) is 0. The van der Waals surface area contributed by atoms with Gasteiger partial charge in [-0.15, -0.1) is 0 Å². The fraction of sp³-hybridized carbons (Fsp3) is 0.667. The van der Waals surface area contributed by atoms with E-state index in [4.69, 9.17) is 4.52 Å². The van der Waals surface area contributed by atoms with Crippen molar-refractivity contribution in [2.45, 2.75) is 39.0 Å². The molecule has 0 spiro atoms. The lowest BCUT2D eigenvalue weighted by Gasteiger charge is -2.26. The van der Waals surface area contributed by atoms with Crippen molar-refractivity contribution in [3.8, 4) is 0 Å². The Kier molecular flexibility index (Phi) is 3.19. The van der Waals surface area contributed by atoms with E-state index in [1.54, 1.807) is 12.5 Å². The third-order valence-electron chi connectivity index (χ3n) is 3.42. The molecule has 0 aliphatic heterocycles. The predicted octanol–water partition coefficient (Wildman–Crippen LogP) is 2.61. The van der Waals surface area contributed by atoms with Gasteiger partial charge in [-0.25, -0.2) is 0 Å². The summed E-state index contributed by atoms with van der Waals surface area (Å²) in [5.41, 5.74) is 1.05. The molecule has 0 aromatic carbocycles. The molecule has 1 aromatic rings. The maximum absolute atomic E-state index is 11.7. The Morgan fingerprint density at radius 2 is 2.47 bits per heavy atom. The summed E-state index contributed by atoms with van der Waals surface area (Å²) in [5, 5.41) is 3.67. The number of nitrogens with zero attached hydrogens (tertiary/aromatic N) is 1. The molecule has 1 fully saturated rings. The van der Waals surface area contributed by atoms with Crippen molar-refractivity contribution in [1.29, 1.82) is 0 Å². The van der Waals surface area contributed by atoms with Gasteiger partial charge in [0.1, 0.15) is 12.0 Å². The zero-order valence-corrected chi connectivity index (χ0v) is 9.11. The van der Waals surface area contributed by atoms with Crippen molar-refractivity contribution in [1.82, 2.24) is 5.16 Å². The predicted molar refractivity (Wildman–Crippen MR) is 56.3 cm³/mol. The number of rotatable bonds is 3. The molecule has 0 saturated heterocycles. The quantitative estimate of drug-likeness (QED) is 0.765. The number of hydrogen-bond donors (Lipinski definition) is 0. The zero-order valence-electron chi connectivity index (χ0n) is 9.11. The molecule has 3 heteroatoms. The molecule has 1 saturated carbocycles. The van der Waals surface area contributed by atoms with Crippen molar-refractivity contribution in [2.75, 3.05) is 0 Å². The first kappa shape index (κ1) is 10.4. The van der Waals surface area contributed by atoms with Crippen LogP contribution in [0.4, 0.5) is 0 Å². The van der Waals surface area contributed by atoms with Crippen molar-refractivity contribution in [2.24, 2.45) is 11.8 Å². The van der Waals surface area contributed by atoms with E-state index in [1.807, 2.05) is 0 Å². The van der Waals surface area contributed by atoms with E-state index < -0.39 is 0 Å². The smallest absolute Gasteiger partial charge is 0.136 e. The van der Waals surface area contributed by atoms with Gasteiger partial charge >= 0.3 is 0 Å². The topological polar surface area (TPSA) is 43.1 Å². The van der Waals surface area contributed by atoms with Crippen LogP contribution in [0.2, 0.25) is 0 Å². The highest BCUT2D eigenvalue weighted by Crippen LogP contribution is 2.30. The molecule has 1 aliphatic rings. The van der Waals surface area contributed by atoms with E-state index in [2.05, 4.69) is 12.1 Å². The molecule has 0 radical (unpaired) electrons. The number of carbonyl (C=O) groups is 1. The Bertz CT molecular complexity index is 318.